The summed E-state index contributed by atoms with van der Waals surface area (Å²) in [7, 11) is 0. The van der Waals surface area contributed by atoms with E-state index in [4.69, 9.17) is 4.74 Å². The highest BCUT2D eigenvalue weighted by molar-refractivity contribution is 5.96. The molecule has 0 unspecified atom stereocenters. The molecule has 0 aromatic carbocycles. The second-order valence-electron chi connectivity index (χ2n) is 7.56. The Bertz CT molecular complexity index is 591. The van der Waals surface area contributed by atoms with Gasteiger partial charge in [0.25, 0.3) is 0 Å². The smallest absolute Gasteiger partial charge is 0.310 e. The Balaban J connectivity index is 2.36. The van der Waals surface area contributed by atoms with Crippen LogP contribution in [0.25, 0.3) is 0 Å². The third-order valence-electron chi connectivity index (χ3n) is 5.73. The molecular formula is C21H34N2O5. The summed E-state index contributed by atoms with van der Waals surface area (Å²) in [6.07, 6.45) is 7.40. The van der Waals surface area contributed by atoms with Crippen LogP contribution in [0.2, 0.25) is 0 Å². The zero-order chi connectivity index (χ0) is 20.7. The van der Waals surface area contributed by atoms with Crippen molar-refractivity contribution in [1.29, 1.82) is 0 Å². The number of nitrogens with one attached hydrogen (secondary N) is 1. The molecular weight excluding hydrogens is 360 g/mol. The first-order valence-electron chi connectivity index (χ1n) is 10.6. The number of nitrogens with zero attached hydrogens (tertiary/aromatic N) is 1. The monoisotopic (exact) mass is 394 g/mol. The van der Waals surface area contributed by atoms with Crippen molar-refractivity contribution in [2.75, 3.05) is 26.3 Å². The average Bonchev–Trinajstić information content (AvgIpc) is 2.95. The van der Waals surface area contributed by atoms with Crippen LogP contribution in [0.4, 0.5) is 0 Å². The van der Waals surface area contributed by atoms with Gasteiger partial charge in [0, 0.05) is 19.0 Å². The Kier molecular flexibility index (Phi) is 8.48. The number of amides is 2. The molecule has 0 aromatic heterocycles. The maximum Gasteiger partial charge on any atom is 0.310 e. The summed E-state index contributed by atoms with van der Waals surface area (Å²) in [6, 6.07) is -0.697. The third-order valence-corrected chi connectivity index (χ3v) is 5.73. The molecule has 2 rings (SSSR count). The SMILES string of the molecule is CCCCNC(=O)[C@@H]1[C@H]2C=C[C@@H](CCC)[C@@H](C(=O)OCC)[C@@H]2C(=O)N1CCO. The van der Waals surface area contributed by atoms with Crippen molar-refractivity contribution in [2.24, 2.45) is 23.7 Å². The van der Waals surface area contributed by atoms with E-state index >= 15 is 0 Å². The van der Waals surface area contributed by atoms with Crippen LogP contribution in [0.1, 0.15) is 46.5 Å². The Labute approximate surface area is 167 Å². The lowest BCUT2D eigenvalue weighted by Gasteiger charge is -2.33. The van der Waals surface area contributed by atoms with E-state index in [9.17, 15) is 19.5 Å². The predicted molar refractivity (Wildman–Crippen MR) is 105 cm³/mol. The maximum absolute atomic E-state index is 13.2. The van der Waals surface area contributed by atoms with Crippen LogP contribution in [0.3, 0.4) is 0 Å². The van der Waals surface area contributed by atoms with Gasteiger partial charge < -0.3 is 20.1 Å². The van der Waals surface area contributed by atoms with Gasteiger partial charge in [-0.15, -0.1) is 0 Å². The van der Waals surface area contributed by atoms with Gasteiger partial charge in [0.15, 0.2) is 0 Å². The number of rotatable bonds is 10. The molecule has 1 fully saturated rings. The number of hydrogen-bond acceptors (Lipinski definition) is 5. The van der Waals surface area contributed by atoms with E-state index in [-0.39, 0.29) is 49.4 Å². The van der Waals surface area contributed by atoms with E-state index in [1.54, 1.807) is 6.92 Å². The van der Waals surface area contributed by atoms with Crippen LogP contribution < -0.4 is 5.32 Å². The molecule has 7 nitrogen and oxygen atoms in total. The molecule has 1 heterocycles. The van der Waals surface area contributed by atoms with Gasteiger partial charge in [-0.25, -0.2) is 0 Å². The van der Waals surface area contributed by atoms with E-state index in [0.717, 1.165) is 25.7 Å². The van der Waals surface area contributed by atoms with Gasteiger partial charge in [0.05, 0.1) is 25.0 Å². The average molecular weight is 395 g/mol. The number of hydrogen-bond donors (Lipinski definition) is 2. The van der Waals surface area contributed by atoms with Gasteiger partial charge in [-0.2, -0.15) is 0 Å². The quantitative estimate of drug-likeness (QED) is 0.333. The first-order valence-corrected chi connectivity index (χ1v) is 10.6. The van der Waals surface area contributed by atoms with Gasteiger partial charge in [0.2, 0.25) is 11.8 Å². The molecule has 2 amide bonds. The van der Waals surface area contributed by atoms with Gasteiger partial charge in [0.1, 0.15) is 6.04 Å². The number of unbranched alkanes of at least 4 members (excludes halogenated alkanes) is 1. The summed E-state index contributed by atoms with van der Waals surface area (Å²) < 4.78 is 5.29. The zero-order valence-electron chi connectivity index (χ0n) is 17.2. The van der Waals surface area contributed by atoms with Crippen molar-refractivity contribution >= 4 is 17.8 Å². The summed E-state index contributed by atoms with van der Waals surface area (Å²) in [6.45, 7) is 6.50. The lowest BCUT2D eigenvalue weighted by atomic mass is 9.69. The number of esters is 1. The molecule has 0 aromatic rings. The molecule has 1 aliphatic carbocycles. The lowest BCUT2D eigenvalue weighted by molar-refractivity contribution is -0.155. The van der Waals surface area contributed by atoms with Crippen molar-refractivity contribution < 1.29 is 24.2 Å². The number of carbonyl (C=O) groups excluding carboxylic acids is 3. The molecule has 1 saturated heterocycles. The van der Waals surface area contributed by atoms with E-state index in [1.807, 2.05) is 26.0 Å². The molecule has 0 spiro atoms. The minimum absolute atomic E-state index is 0.0767. The molecule has 158 valence electrons. The molecule has 1 aliphatic heterocycles. The molecule has 0 bridgehead atoms. The number of carbonyl (C=O) groups is 3. The molecule has 0 saturated carbocycles. The largest absolute Gasteiger partial charge is 0.466 e. The van der Waals surface area contributed by atoms with Gasteiger partial charge >= 0.3 is 5.97 Å². The predicted octanol–water partition coefficient (Wildman–Crippen LogP) is 1.50. The third kappa shape index (κ3) is 4.57. The summed E-state index contributed by atoms with van der Waals surface area (Å²) in [5.74, 6) is -2.49. The number of aliphatic hydroxyl groups excluding tert-OH is 1. The van der Waals surface area contributed by atoms with Crippen LogP contribution in [0.15, 0.2) is 12.2 Å². The minimum Gasteiger partial charge on any atom is -0.466 e. The highest BCUT2D eigenvalue weighted by atomic mass is 16.5. The zero-order valence-corrected chi connectivity index (χ0v) is 17.2. The fraction of sp³-hybridized carbons (Fsp3) is 0.762. The second kappa shape index (κ2) is 10.6. The normalized spacial score (nSPS) is 28.9. The topological polar surface area (TPSA) is 95.9 Å². The lowest BCUT2D eigenvalue weighted by Crippen LogP contribution is -2.48. The number of likely N-dealkylation sites (tertiary alicyclic amines) is 1. The van der Waals surface area contributed by atoms with Crippen LogP contribution >= 0.6 is 0 Å². The Morgan fingerprint density at radius 1 is 1.21 bits per heavy atom. The molecule has 28 heavy (non-hydrogen) atoms. The number of aliphatic hydroxyl groups is 1. The Morgan fingerprint density at radius 3 is 2.57 bits per heavy atom. The number of ether oxygens (including phenoxy) is 1. The molecule has 2 N–H and O–H groups in total. The van der Waals surface area contributed by atoms with Crippen molar-refractivity contribution in [2.45, 2.75) is 52.5 Å². The van der Waals surface area contributed by atoms with E-state index in [0.29, 0.717) is 6.54 Å². The van der Waals surface area contributed by atoms with Crippen molar-refractivity contribution in [3.8, 4) is 0 Å². The molecule has 0 radical (unpaired) electrons. The summed E-state index contributed by atoms with van der Waals surface area (Å²) in [4.78, 5) is 40.3. The summed E-state index contributed by atoms with van der Waals surface area (Å²) in [5, 5.41) is 12.4. The second-order valence-corrected chi connectivity index (χ2v) is 7.56. The van der Waals surface area contributed by atoms with Crippen LogP contribution in [0, 0.1) is 23.7 Å². The Hall–Kier alpha value is -1.89. The van der Waals surface area contributed by atoms with Crippen molar-refractivity contribution in [3.63, 3.8) is 0 Å². The first kappa shape index (κ1) is 22.4. The van der Waals surface area contributed by atoms with Crippen LogP contribution in [-0.4, -0.2) is 60.1 Å². The van der Waals surface area contributed by atoms with Gasteiger partial charge in [-0.3, -0.25) is 14.4 Å². The summed E-state index contributed by atoms with van der Waals surface area (Å²) >= 11 is 0. The van der Waals surface area contributed by atoms with Crippen LogP contribution in [-0.2, 0) is 19.1 Å². The molecule has 7 heteroatoms. The number of fused-ring (bicyclic) bond motifs is 1. The van der Waals surface area contributed by atoms with E-state index in [1.165, 1.54) is 4.90 Å². The van der Waals surface area contributed by atoms with Crippen molar-refractivity contribution in [3.05, 3.63) is 12.2 Å². The highest BCUT2D eigenvalue weighted by Gasteiger charge is 2.57. The Morgan fingerprint density at radius 2 is 1.96 bits per heavy atom. The number of β-amino-alcohol motifs (C(OH)–C–C–N with tert-alkyl or cyclic N) is 1. The van der Waals surface area contributed by atoms with Gasteiger partial charge in [-0.05, 0) is 25.7 Å². The fourth-order valence-corrected chi connectivity index (χ4v) is 4.51. The van der Waals surface area contributed by atoms with Crippen molar-refractivity contribution in [1.82, 2.24) is 10.2 Å². The first-order chi connectivity index (χ1) is 13.5. The molecule has 2 aliphatic rings. The summed E-state index contributed by atoms with van der Waals surface area (Å²) in [5.41, 5.74) is 0. The minimum atomic E-state index is -0.697. The van der Waals surface area contributed by atoms with E-state index < -0.39 is 17.9 Å². The molecule has 5 atom stereocenters. The number of allylic oxidation sites excluding steroid dienone is 1. The van der Waals surface area contributed by atoms with Gasteiger partial charge in [-0.1, -0.05) is 38.8 Å². The van der Waals surface area contributed by atoms with Crippen LogP contribution in [0.5, 0.6) is 0 Å². The fourth-order valence-electron chi connectivity index (χ4n) is 4.51. The standard InChI is InChI=1S/C21H34N2O5/c1-4-7-11-22-19(25)18-15-10-9-14(8-5-2)16(21(27)28-6-3)17(15)20(26)23(18)12-13-24/h9-10,14-18,24H,4-8,11-13H2,1-3H3,(H,22,25)/t14-,15+,16-,17-,18+/m1/s1. The maximum atomic E-state index is 13.2. The highest BCUT2D eigenvalue weighted by Crippen LogP contribution is 2.45. The van der Waals surface area contributed by atoms with E-state index in [2.05, 4.69) is 5.32 Å².